The molecule has 0 atom stereocenters. The van der Waals surface area contributed by atoms with Gasteiger partial charge in [-0.05, 0) is 13.0 Å². The largest absolute Gasteiger partial charge is 0.481 e. The number of carboxylic acid groups (broad SMARTS) is 1. The van der Waals surface area contributed by atoms with Gasteiger partial charge in [-0.1, -0.05) is 0 Å². The molecule has 7 heteroatoms. The molecule has 7 nitrogen and oxygen atoms in total. The quantitative estimate of drug-likeness (QED) is 0.453. The summed E-state index contributed by atoms with van der Waals surface area (Å²) in [6, 6.07) is 3.81. The molecule has 0 saturated heterocycles. The minimum Gasteiger partial charge on any atom is -0.481 e. The summed E-state index contributed by atoms with van der Waals surface area (Å²) in [4.78, 5) is 31.7. The minimum atomic E-state index is -0.989. The number of hydrogen-bond donors (Lipinski definition) is 2. The van der Waals surface area contributed by atoms with Gasteiger partial charge in [0.1, 0.15) is 0 Å². The molecule has 96 valence electrons. The highest BCUT2D eigenvalue weighted by molar-refractivity contribution is 6.00. The molecule has 1 aromatic carbocycles. The first-order valence-electron chi connectivity index (χ1n) is 5.17. The van der Waals surface area contributed by atoms with E-state index < -0.39 is 10.9 Å². The molecule has 0 aliphatic heterocycles. The molecule has 1 aromatic rings. The highest BCUT2D eigenvalue weighted by Crippen LogP contribution is 2.23. The molecule has 0 spiro atoms. The number of carbonyl (C=O) groups excluding carboxylic acids is 1. The van der Waals surface area contributed by atoms with Gasteiger partial charge in [0, 0.05) is 24.2 Å². The first-order chi connectivity index (χ1) is 8.41. The van der Waals surface area contributed by atoms with Crippen LogP contribution < -0.4 is 5.32 Å². The number of Topliss-reactive ketones (excluding diaryl/α,β-unsaturated/α-hetero) is 1. The fourth-order valence-corrected chi connectivity index (χ4v) is 1.40. The van der Waals surface area contributed by atoms with Gasteiger partial charge < -0.3 is 10.4 Å². The summed E-state index contributed by atoms with van der Waals surface area (Å²) in [5.74, 6) is -1.24. The maximum atomic E-state index is 11.3. The Morgan fingerprint density at radius 3 is 2.61 bits per heavy atom. The summed E-state index contributed by atoms with van der Waals surface area (Å²) >= 11 is 0. The van der Waals surface area contributed by atoms with Crippen LogP contribution >= 0.6 is 0 Å². The molecule has 0 bridgehead atoms. The van der Waals surface area contributed by atoms with Gasteiger partial charge in [0.15, 0.2) is 5.78 Å². The van der Waals surface area contributed by atoms with Crippen LogP contribution in [0, 0.1) is 10.1 Å². The Morgan fingerprint density at radius 1 is 1.44 bits per heavy atom. The molecular formula is C11H12N2O5. The Balaban J connectivity index is 2.96. The third kappa shape index (κ3) is 3.55. The Hall–Kier alpha value is -2.44. The number of nitrogens with one attached hydrogen (secondary N) is 1. The summed E-state index contributed by atoms with van der Waals surface area (Å²) in [6.45, 7) is 1.43. The van der Waals surface area contributed by atoms with Crippen LogP contribution in [0.5, 0.6) is 0 Å². The molecule has 0 aliphatic rings. The molecule has 0 heterocycles. The van der Waals surface area contributed by atoms with Gasteiger partial charge in [0.25, 0.3) is 5.69 Å². The predicted molar refractivity (Wildman–Crippen MR) is 63.8 cm³/mol. The van der Waals surface area contributed by atoms with Crippen molar-refractivity contribution in [3.63, 3.8) is 0 Å². The monoisotopic (exact) mass is 252 g/mol. The van der Waals surface area contributed by atoms with Crippen molar-refractivity contribution < 1.29 is 19.6 Å². The molecular weight excluding hydrogens is 240 g/mol. The van der Waals surface area contributed by atoms with Gasteiger partial charge in [0.05, 0.1) is 17.0 Å². The van der Waals surface area contributed by atoms with Gasteiger partial charge in [0.2, 0.25) is 0 Å². The van der Waals surface area contributed by atoms with Crippen LogP contribution in [0.4, 0.5) is 11.4 Å². The van der Waals surface area contributed by atoms with Gasteiger partial charge in [-0.15, -0.1) is 0 Å². The van der Waals surface area contributed by atoms with Crippen molar-refractivity contribution in [2.45, 2.75) is 13.3 Å². The Labute approximate surface area is 103 Å². The molecule has 0 unspecified atom stereocenters. The van der Waals surface area contributed by atoms with Crippen LogP contribution in [0.3, 0.4) is 0 Å². The zero-order chi connectivity index (χ0) is 13.7. The number of non-ortho nitro benzene ring substituents is 1. The Bertz CT molecular complexity index is 498. The first kappa shape index (κ1) is 13.6. The second-order valence-electron chi connectivity index (χ2n) is 3.61. The van der Waals surface area contributed by atoms with Crippen molar-refractivity contribution in [2.75, 3.05) is 11.9 Å². The second-order valence-corrected chi connectivity index (χ2v) is 3.61. The number of carbonyl (C=O) groups is 2. The maximum absolute atomic E-state index is 11.3. The lowest BCUT2D eigenvalue weighted by Gasteiger charge is -2.08. The molecule has 2 N–H and O–H groups in total. The summed E-state index contributed by atoms with van der Waals surface area (Å²) in [5, 5.41) is 21.8. The number of nitro benzene ring substituents is 1. The van der Waals surface area contributed by atoms with E-state index >= 15 is 0 Å². The van der Waals surface area contributed by atoms with Gasteiger partial charge in [-0.25, -0.2) is 0 Å². The van der Waals surface area contributed by atoms with E-state index in [1.165, 1.54) is 25.1 Å². The topological polar surface area (TPSA) is 110 Å². The number of rotatable bonds is 6. The molecule has 0 aromatic heterocycles. The number of hydrogen-bond acceptors (Lipinski definition) is 5. The zero-order valence-corrected chi connectivity index (χ0v) is 9.67. The number of carboxylic acids is 1. The number of anilines is 1. The van der Waals surface area contributed by atoms with E-state index in [-0.39, 0.29) is 30.1 Å². The van der Waals surface area contributed by atoms with Crippen molar-refractivity contribution in [1.82, 2.24) is 0 Å². The third-order valence-corrected chi connectivity index (χ3v) is 2.25. The lowest BCUT2D eigenvalue weighted by molar-refractivity contribution is -0.384. The Morgan fingerprint density at radius 2 is 2.11 bits per heavy atom. The average Bonchev–Trinajstić information content (AvgIpc) is 2.27. The van der Waals surface area contributed by atoms with E-state index in [0.717, 1.165) is 0 Å². The van der Waals surface area contributed by atoms with E-state index in [4.69, 9.17) is 5.11 Å². The molecule has 1 rings (SSSR count). The maximum Gasteiger partial charge on any atom is 0.305 e. The summed E-state index contributed by atoms with van der Waals surface area (Å²) in [7, 11) is 0. The van der Waals surface area contributed by atoms with Crippen LogP contribution in [-0.2, 0) is 4.79 Å². The molecule has 0 aliphatic carbocycles. The summed E-state index contributed by atoms with van der Waals surface area (Å²) < 4.78 is 0. The molecule has 0 amide bonds. The molecule has 0 radical (unpaired) electrons. The zero-order valence-electron chi connectivity index (χ0n) is 9.67. The van der Waals surface area contributed by atoms with Gasteiger partial charge in [-0.3, -0.25) is 19.7 Å². The normalized spacial score (nSPS) is 9.83. The van der Waals surface area contributed by atoms with Crippen molar-refractivity contribution in [3.05, 3.63) is 33.9 Å². The summed E-state index contributed by atoms with van der Waals surface area (Å²) in [5.41, 5.74) is 0.418. The van der Waals surface area contributed by atoms with E-state index in [1.807, 2.05) is 0 Å². The van der Waals surface area contributed by atoms with Gasteiger partial charge in [-0.2, -0.15) is 0 Å². The average molecular weight is 252 g/mol. The predicted octanol–water partition coefficient (Wildman–Crippen LogP) is 1.68. The van der Waals surface area contributed by atoms with E-state index in [0.29, 0.717) is 5.56 Å². The van der Waals surface area contributed by atoms with Crippen LogP contribution in [0.1, 0.15) is 23.7 Å². The van der Waals surface area contributed by atoms with Crippen LogP contribution in [0.15, 0.2) is 18.2 Å². The highest BCUT2D eigenvalue weighted by Gasteiger charge is 2.13. The minimum absolute atomic E-state index is 0.0940. The smallest absolute Gasteiger partial charge is 0.305 e. The fraction of sp³-hybridized carbons (Fsp3) is 0.273. The second kappa shape index (κ2) is 5.76. The van der Waals surface area contributed by atoms with Crippen LogP contribution in [0.25, 0.3) is 0 Å². The van der Waals surface area contributed by atoms with E-state index in [9.17, 15) is 19.7 Å². The Kier molecular flexibility index (Phi) is 4.36. The van der Waals surface area contributed by atoms with E-state index in [1.54, 1.807) is 0 Å². The third-order valence-electron chi connectivity index (χ3n) is 2.25. The van der Waals surface area contributed by atoms with Gasteiger partial charge >= 0.3 is 5.97 Å². The van der Waals surface area contributed by atoms with Crippen LogP contribution in [-0.4, -0.2) is 28.3 Å². The molecule has 18 heavy (non-hydrogen) atoms. The lowest BCUT2D eigenvalue weighted by Crippen LogP contribution is -2.10. The van der Waals surface area contributed by atoms with Crippen molar-refractivity contribution in [2.24, 2.45) is 0 Å². The molecule has 0 fully saturated rings. The van der Waals surface area contributed by atoms with E-state index in [2.05, 4.69) is 5.32 Å². The standard InChI is InChI=1S/C11H12N2O5/c1-7(14)9-3-2-8(13(17)18)6-10(9)12-5-4-11(15)16/h2-3,6,12H,4-5H2,1H3,(H,15,16). The lowest BCUT2D eigenvalue weighted by atomic mass is 10.1. The van der Waals surface area contributed by atoms with Crippen molar-refractivity contribution in [1.29, 1.82) is 0 Å². The first-order valence-corrected chi connectivity index (χ1v) is 5.17. The molecule has 0 saturated carbocycles. The fourth-order valence-electron chi connectivity index (χ4n) is 1.40. The SMILES string of the molecule is CC(=O)c1ccc([N+](=O)[O-])cc1NCCC(=O)O. The number of aliphatic carboxylic acids is 1. The number of nitro groups is 1. The number of nitrogens with zero attached hydrogens (tertiary/aromatic N) is 1. The summed E-state index contributed by atoms with van der Waals surface area (Å²) in [6.07, 6.45) is -0.139. The van der Waals surface area contributed by atoms with Crippen molar-refractivity contribution in [3.8, 4) is 0 Å². The highest BCUT2D eigenvalue weighted by atomic mass is 16.6. The number of benzene rings is 1. The van der Waals surface area contributed by atoms with Crippen molar-refractivity contribution >= 4 is 23.1 Å². The number of ketones is 1. The van der Waals surface area contributed by atoms with Crippen LogP contribution in [0.2, 0.25) is 0 Å².